The molecule has 1 heterocycles. The molecule has 0 atom stereocenters. The van der Waals surface area contributed by atoms with Gasteiger partial charge in [0, 0.05) is 29.6 Å². The fourth-order valence-corrected chi connectivity index (χ4v) is 3.97. The molecule has 0 saturated heterocycles. The third-order valence-electron chi connectivity index (χ3n) is 5.66. The molecule has 1 aromatic heterocycles. The van der Waals surface area contributed by atoms with E-state index in [0.29, 0.717) is 29.5 Å². The third-order valence-corrected chi connectivity index (χ3v) is 5.66. The van der Waals surface area contributed by atoms with Gasteiger partial charge in [0.15, 0.2) is 0 Å². The first kappa shape index (κ1) is 30.2. The van der Waals surface area contributed by atoms with Gasteiger partial charge in [0.25, 0.3) is 5.91 Å². The Kier molecular flexibility index (Phi) is 11.5. The third kappa shape index (κ3) is 7.10. The average molecular weight is 521 g/mol. The summed E-state index contributed by atoms with van der Waals surface area (Å²) in [5.41, 5.74) is 19.3. The molecule has 190 valence electrons. The van der Waals surface area contributed by atoms with Gasteiger partial charge < -0.3 is 20.9 Å². The summed E-state index contributed by atoms with van der Waals surface area (Å²) in [4.78, 5) is 16.9. The van der Waals surface area contributed by atoms with Crippen LogP contribution in [-0.2, 0) is 19.6 Å². The van der Waals surface area contributed by atoms with E-state index in [1.807, 2.05) is 6.92 Å². The number of nitrogens with two attached hydrogens (primary N) is 2. The van der Waals surface area contributed by atoms with E-state index in [1.54, 1.807) is 25.3 Å². The van der Waals surface area contributed by atoms with Crippen LogP contribution in [0.1, 0.15) is 52.3 Å². The van der Waals surface area contributed by atoms with Crippen molar-refractivity contribution in [2.45, 2.75) is 47.3 Å². The highest BCUT2D eigenvalue weighted by atomic mass is 35.5. The van der Waals surface area contributed by atoms with Gasteiger partial charge in [-0.3, -0.25) is 9.78 Å². The van der Waals surface area contributed by atoms with Crippen molar-refractivity contribution < 1.29 is 14.3 Å². The number of carbonyl (C=O) groups is 1. The van der Waals surface area contributed by atoms with Crippen molar-refractivity contribution in [2.24, 2.45) is 17.4 Å². The van der Waals surface area contributed by atoms with Crippen molar-refractivity contribution in [3.8, 4) is 22.6 Å². The standard InChI is InChI=1S/C27H33N3O3.2ClH/c1-16(2)12-24-22(14-28)26(19-8-6-17(3)7-9-19)23(18(4)30-24)15-33-25-13-20(32-5)10-11-21(25)27(29)31;;/h6-11,13,16H,12,14-15,28H2,1-5H3,(H2,29,31);2*1H. The molecule has 0 bridgehead atoms. The summed E-state index contributed by atoms with van der Waals surface area (Å²) in [6.07, 6.45) is 0.842. The van der Waals surface area contributed by atoms with Crippen LogP contribution in [0.15, 0.2) is 42.5 Å². The maximum atomic E-state index is 11.9. The summed E-state index contributed by atoms with van der Waals surface area (Å²) >= 11 is 0. The SMILES string of the molecule is COc1ccc(C(N)=O)c(OCc2c(C)nc(CC(C)C)c(CN)c2-c2ccc(C)cc2)c1.Cl.Cl. The maximum Gasteiger partial charge on any atom is 0.252 e. The lowest BCUT2D eigenvalue weighted by molar-refractivity contribution is 0.0996. The van der Waals surface area contributed by atoms with E-state index in [4.69, 9.17) is 25.9 Å². The number of hydrogen-bond acceptors (Lipinski definition) is 5. The van der Waals surface area contributed by atoms with Crippen LogP contribution >= 0.6 is 24.8 Å². The molecular formula is C27H35Cl2N3O3. The summed E-state index contributed by atoms with van der Waals surface area (Å²) in [6, 6.07) is 13.4. The van der Waals surface area contributed by atoms with Gasteiger partial charge in [-0.05, 0) is 55.0 Å². The van der Waals surface area contributed by atoms with Crippen LogP contribution in [0.5, 0.6) is 11.5 Å². The van der Waals surface area contributed by atoms with E-state index in [1.165, 1.54) is 5.56 Å². The van der Waals surface area contributed by atoms with Crippen LogP contribution in [0.3, 0.4) is 0 Å². The molecule has 3 aromatic rings. The minimum atomic E-state index is -0.559. The number of methoxy groups -OCH3 is 1. The lowest BCUT2D eigenvalue weighted by Gasteiger charge is -2.22. The van der Waals surface area contributed by atoms with Gasteiger partial charge in [0.05, 0.1) is 12.7 Å². The van der Waals surface area contributed by atoms with Crippen molar-refractivity contribution in [1.82, 2.24) is 4.98 Å². The minimum absolute atomic E-state index is 0. The number of amides is 1. The summed E-state index contributed by atoms with van der Waals surface area (Å²) in [6.45, 7) is 8.98. The van der Waals surface area contributed by atoms with E-state index in [2.05, 4.69) is 45.0 Å². The zero-order chi connectivity index (χ0) is 24.1. The van der Waals surface area contributed by atoms with Crippen LogP contribution < -0.4 is 20.9 Å². The van der Waals surface area contributed by atoms with Crippen LogP contribution in [0.25, 0.3) is 11.1 Å². The van der Waals surface area contributed by atoms with Crippen molar-refractivity contribution in [2.75, 3.05) is 7.11 Å². The Morgan fingerprint density at radius 2 is 1.69 bits per heavy atom. The molecule has 35 heavy (non-hydrogen) atoms. The highest BCUT2D eigenvalue weighted by Crippen LogP contribution is 2.34. The second kappa shape index (κ2) is 13.3. The molecule has 0 saturated carbocycles. The Bertz CT molecular complexity index is 1150. The van der Waals surface area contributed by atoms with Gasteiger partial charge in [0.2, 0.25) is 0 Å². The molecular weight excluding hydrogens is 485 g/mol. The maximum absolute atomic E-state index is 11.9. The fraction of sp³-hybridized carbons (Fsp3) is 0.333. The number of halogens is 2. The van der Waals surface area contributed by atoms with Crippen LogP contribution in [0.2, 0.25) is 0 Å². The molecule has 0 spiro atoms. The molecule has 0 aliphatic carbocycles. The Morgan fingerprint density at radius 3 is 2.23 bits per heavy atom. The van der Waals surface area contributed by atoms with Crippen molar-refractivity contribution in [1.29, 1.82) is 0 Å². The first-order valence-corrected chi connectivity index (χ1v) is 11.1. The van der Waals surface area contributed by atoms with E-state index < -0.39 is 5.91 Å². The Balaban J connectivity index is 0.00000306. The lowest BCUT2D eigenvalue weighted by Crippen LogP contribution is -2.16. The minimum Gasteiger partial charge on any atom is -0.497 e. The lowest BCUT2D eigenvalue weighted by atomic mass is 9.90. The predicted octanol–water partition coefficient (Wildman–Crippen LogP) is 5.55. The Labute approximate surface area is 220 Å². The number of hydrogen-bond donors (Lipinski definition) is 2. The fourth-order valence-electron chi connectivity index (χ4n) is 3.97. The van der Waals surface area contributed by atoms with Crippen molar-refractivity contribution in [3.05, 3.63) is 76.1 Å². The number of ether oxygens (including phenoxy) is 2. The molecule has 4 N–H and O–H groups in total. The monoisotopic (exact) mass is 519 g/mol. The zero-order valence-electron chi connectivity index (χ0n) is 20.9. The van der Waals surface area contributed by atoms with Gasteiger partial charge in [-0.15, -0.1) is 24.8 Å². The highest BCUT2D eigenvalue weighted by molar-refractivity contribution is 5.95. The number of carbonyl (C=O) groups excluding carboxylic acids is 1. The smallest absolute Gasteiger partial charge is 0.252 e. The Morgan fingerprint density at radius 1 is 1.03 bits per heavy atom. The van der Waals surface area contributed by atoms with E-state index in [9.17, 15) is 4.79 Å². The molecule has 1 amide bonds. The first-order chi connectivity index (χ1) is 15.7. The van der Waals surface area contributed by atoms with Gasteiger partial charge >= 0.3 is 0 Å². The van der Waals surface area contributed by atoms with E-state index in [-0.39, 0.29) is 31.4 Å². The number of aryl methyl sites for hydroxylation is 2. The molecule has 2 aromatic carbocycles. The molecule has 0 radical (unpaired) electrons. The van der Waals surface area contributed by atoms with E-state index >= 15 is 0 Å². The van der Waals surface area contributed by atoms with E-state index in [0.717, 1.165) is 40.1 Å². The normalized spacial score (nSPS) is 10.4. The average Bonchev–Trinajstić information content (AvgIpc) is 2.78. The largest absolute Gasteiger partial charge is 0.497 e. The van der Waals surface area contributed by atoms with Gasteiger partial charge in [0.1, 0.15) is 18.1 Å². The number of primary amides is 1. The number of rotatable bonds is 9. The van der Waals surface area contributed by atoms with Gasteiger partial charge in [-0.1, -0.05) is 43.7 Å². The van der Waals surface area contributed by atoms with Crippen LogP contribution in [-0.4, -0.2) is 18.0 Å². The molecule has 8 heteroatoms. The zero-order valence-corrected chi connectivity index (χ0v) is 22.5. The summed E-state index contributed by atoms with van der Waals surface area (Å²) < 4.78 is 11.5. The molecule has 6 nitrogen and oxygen atoms in total. The molecule has 0 aliphatic rings. The van der Waals surface area contributed by atoms with Gasteiger partial charge in [-0.25, -0.2) is 0 Å². The highest BCUT2D eigenvalue weighted by Gasteiger charge is 2.20. The number of nitrogens with zero attached hydrogens (tertiary/aromatic N) is 1. The Hall–Kier alpha value is -2.80. The van der Waals surface area contributed by atoms with Crippen molar-refractivity contribution in [3.63, 3.8) is 0 Å². The van der Waals surface area contributed by atoms with Gasteiger partial charge in [-0.2, -0.15) is 0 Å². The summed E-state index contributed by atoms with van der Waals surface area (Å²) in [5, 5.41) is 0. The molecule has 0 unspecified atom stereocenters. The quantitative estimate of drug-likeness (QED) is 0.385. The molecule has 0 aliphatic heterocycles. The van der Waals surface area contributed by atoms with Crippen molar-refractivity contribution >= 4 is 30.7 Å². The molecule has 3 rings (SSSR count). The molecule has 0 fully saturated rings. The summed E-state index contributed by atoms with van der Waals surface area (Å²) in [7, 11) is 1.56. The second-order valence-corrected chi connectivity index (χ2v) is 8.66. The topological polar surface area (TPSA) is 100 Å². The number of aromatic nitrogens is 1. The number of benzene rings is 2. The summed E-state index contributed by atoms with van der Waals surface area (Å²) in [5.74, 6) is 0.844. The van der Waals surface area contributed by atoms with Crippen LogP contribution in [0, 0.1) is 19.8 Å². The predicted molar refractivity (Wildman–Crippen MR) is 146 cm³/mol. The first-order valence-electron chi connectivity index (χ1n) is 11.1. The van der Waals surface area contributed by atoms with Crippen LogP contribution in [0.4, 0.5) is 0 Å². The second-order valence-electron chi connectivity index (χ2n) is 8.66. The number of pyridine rings is 1.